The predicted octanol–water partition coefficient (Wildman–Crippen LogP) is 4.46. The highest BCUT2D eigenvalue weighted by atomic mass is 79.9. The second kappa shape index (κ2) is 5.11. The lowest BCUT2D eigenvalue weighted by Crippen LogP contribution is -1.93. The molecule has 0 N–H and O–H groups in total. The Morgan fingerprint density at radius 1 is 1.17 bits per heavy atom. The lowest BCUT2D eigenvalue weighted by molar-refractivity contribution is 0.843. The second-order valence-corrected chi connectivity index (χ2v) is 5.45. The molecular formula is C15H17BrN2. The number of hydrogen-bond acceptors (Lipinski definition) is 1. The zero-order chi connectivity index (χ0) is 13.3. The summed E-state index contributed by atoms with van der Waals surface area (Å²) < 4.78 is 3.20. The monoisotopic (exact) mass is 304 g/mol. The van der Waals surface area contributed by atoms with Crippen LogP contribution in [-0.2, 0) is 7.05 Å². The second-order valence-electron chi connectivity index (χ2n) is 4.60. The molecule has 0 spiro atoms. The molecule has 0 aliphatic rings. The van der Waals surface area contributed by atoms with Crippen LogP contribution in [0.3, 0.4) is 0 Å². The molecule has 2 nitrogen and oxygen atoms in total. The van der Waals surface area contributed by atoms with Crippen molar-refractivity contribution in [3.05, 3.63) is 51.3 Å². The minimum absolute atomic E-state index is 0.960. The van der Waals surface area contributed by atoms with Crippen molar-refractivity contribution in [1.82, 2.24) is 4.57 Å². The molecule has 1 aromatic heterocycles. The SMILES string of the molecule is Cc1ccc(N=Cc2cc(C)n(C)c2C)c(Br)c1. The Kier molecular flexibility index (Phi) is 3.71. The Balaban J connectivity index is 2.33. The number of aryl methyl sites for hydroxylation is 2. The maximum Gasteiger partial charge on any atom is 0.0772 e. The van der Waals surface area contributed by atoms with E-state index >= 15 is 0 Å². The minimum Gasteiger partial charge on any atom is -0.352 e. The summed E-state index contributed by atoms with van der Waals surface area (Å²) in [5.74, 6) is 0. The van der Waals surface area contributed by atoms with Crippen LogP contribution in [0.15, 0.2) is 33.7 Å². The molecule has 0 unspecified atom stereocenters. The Morgan fingerprint density at radius 2 is 1.89 bits per heavy atom. The van der Waals surface area contributed by atoms with Crippen molar-refractivity contribution in [2.75, 3.05) is 0 Å². The van der Waals surface area contributed by atoms with Crippen LogP contribution in [0, 0.1) is 20.8 Å². The van der Waals surface area contributed by atoms with Gasteiger partial charge in [-0.05, 0) is 60.5 Å². The highest BCUT2D eigenvalue weighted by Crippen LogP contribution is 2.26. The van der Waals surface area contributed by atoms with Gasteiger partial charge in [-0.15, -0.1) is 0 Å². The third kappa shape index (κ3) is 2.56. The van der Waals surface area contributed by atoms with Gasteiger partial charge in [0.25, 0.3) is 0 Å². The first-order valence-electron chi connectivity index (χ1n) is 5.92. The van der Waals surface area contributed by atoms with Crippen LogP contribution in [-0.4, -0.2) is 10.8 Å². The standard InChI is InChI=1S/C15H17BrN2/c1-10-5-6-15(14(16)7-10)17-9-13-8-11(2)18(4)12(13)3/h5-9H,1-4H3. The van der Waals surface area contributed by atoms with Crippen LogP contribution < -0.4 is 0 Å². The zero-order valence-corrected chi connectivity index (χ0v) is 12.7. The quantitative estimate of drug-likeness (QED) is 0.729. The average Bonchev–Trinajstić information content (AvgIpc) is 2.56. The van der Waals surface area contributed by atoms with Crippen LogP contribution >= 0.6 is 15.9 Å². The van der Waals surface area contributed by atoms with E-state index in [0.717, 1.165) is 10.2 Å². The van der Waals surface area contributed by atoms with Crippen molar-refractivity contribution >= 4 is 27.8 Å². The van der Waals surface area contributed by atoms with Crippen molar-refractivity contribution in [3.8, 4) is 0 Å². The van der Waals surface area contributed by atoms with E-state index in [9.17, 15) is 0 Å². The number of hydrogen-bond donors (Lipinski definition) is 0. The van der Waals surface area contributed by atoms with Crippen molar-refractivity contribution in [1.29, 1.82) is 0 Å². The van der Waals surface area contributed by atoms with E-state index in [1.165, 1.54) is 22.5 Å². The van der Waals surface area contributed by atoms with Gasteiger partial charge in [0, 0.05) is 34.7 Å². The average molecular weight is 305 g/mol. The topological polar surface area (TPSA) is 17.3 Å². The van der Waals surface area contributed by atoms with E-state index in [1.54, 1.807) is 0 Å². The molecule has 1 aromatic carbocycles. The molecule has 0 fully saturated rings. The van der Waals surface area contributed by atoms with Gasteiger partial charge in [0.05, 0.1) is 5.69 Å². The van der Waals surface area contributed by atoms with Gasteiger partial charge in [-0.3, -0.25) is 4.99 Å². The fourth-order valence-corrected chi connectivity index (χ4v) is 2.47. The molecule has 0 aliphatic heterocycles. The first-order chi connectivity index (χ1) is 8.49. The molecule has 94 valence electrons. The van der Waals surface area contributed by atoms with Gasteiger partial charge in [0.15, 0.2) is 0 Å². The number of benzene rings is 1. The number of aliphatic imine (C=N–C) groups is 1. The summed E-state index contributed by atoms with van der Waals surface area (Å²) >= 11 is 3.54. The van der Waals surface area contributed by atoms with Gasteiger partial charge in [-0.1, -0.05) is 6.07 Å². The van der Waals surface area contributed by atoms with Crippen LogP contribution in [0.5, 0.6) is 0 Å². The van der Waals surface area contributed by atoms with Crippen LogP contribution in [0.2, 0.25) is 0 Å². The van der Waals surface area contributed by atoms with Crippen LogP contribution in [0.25, 0.3) is 0 Å². The lowest BCUT2D eigenvalue weighted by Gasteiger charge is -2.00. The molecule has 0 amide bonds. The van der Waals surface area contributed by atoms with Gasteiger partial charge in [0.1, 0.15) is 0 Å². The molecule has 0 atom stereocenters. The molecule has 0 radical (unpaired) electrons. The summed E-state index contributed by atoms with van der Waals surface area (Å²) in [6, 6.07) is 8.33. The maximum absolute atomic E-state index is 4.55. The first kappa shape index (κ1) is 13.1. The van der Waals surface area contributed by atoms with Crippen molar-refractivity contribution in [3.63, 3.8) is 0 Å². The van der Waals surface area contributed by atoms with Crippen molar-refractivity contribution in [2.24, 2.45) is 12.0 Å². The van der Waals surface area contributed by atoms with Crippen LogP contribution in [0.4, 0.5) is 5.69 Å². The van der Waals surface area contributed by atoms with Gasteiger partial charge < -0.3 is 4.57 Å². The molecule has 18 heavy (non-hydrogen) atoms. The summed E-state index contributed by atoms with van der Waals surface area (Å²) in [6.45, 7) is 6.29. The van der Waals surface area contributed by atoms with Gasteiger partial charge >= 0.3 is 0 Å². The van der Waals surface area contributed by atoms with E-state index in [0.29, 0.717) is 0 Å². The Hall–Kier alpha value is -1.35. The van der Waals surface area contributed by atoms with E-state index in [-0.39, 0.29) is 0 Å². The number of nitrogens with zero attached hydrogens (tertiary/aromatic N) is 2. The molecular weight excluding hydrogens is 288 g/mol. The number of aromatic nitrogens is 1. The Labute approximate surface area is 116 Å². The highest BCUT2D eigenvalue weighted by molar-refractivity contribution is 9.10. The zero-order valence-electron chi connectivity index (χ0n) is 11.2. The van der Waals surface area contributed by atoms with Crippen LogP contribution in [0.1, 0.15) is 22.5 Å². The molecule has 1 heterocycles. The summed E-state index contributed by atoms with van der Waals surface area (Å²) in [5, 5.41) is 0. The fourth-order valence-electron chi connectivity index (χ4n) is 1.87. The molecule has 0 saturated carbocycles. The Bertz CT molecular complexity index is 609. The lowest BCUT2D eigenvalue weighted by atomic mass is 10.2. The summed E-state index contributed by atoms with van der Waals surface area (Å²) in [7, 11) is 2.07. The Morgan fingerprint density at radius 3 is 2.44 bits per heavy atom. The highest BCUT2D eigenvalue weighted by Gasteiger charge is 2.04. The van der Waals surface area contributed by atoms with E-state index in [4.69, 9.17) is 0 Å². The summed E-state index contributed by atoms with van der Waals surface area (Å²) in [4.78, 5) is 4.55. The third-order valence-electron chi connectivity index (χ3n) is 3.26. The summed E-state index contributed by atoms with van der Waals surface area (Å²) in [6.07, 6.45) is 1.93. The first-order valence-corrected chi connectivity index (χ1v) is 6.71. The molecule has 2 aromatic rings. The normalized spacial score (nSPS) is 11.4. The maximum atomic E-state index is 4.55. The number of rotatable bonds is 2. The molecule has 0 bridgehead atoms. The largest absolute Gasteiger partial charge is 0.352 e. The molecule has 0 saturated heterocycles. The van der Waals surface area contributed by atoms with Gasteiger partial charge in [-0.25, -0.2) is 0 Å². The van der Waals surface area contributed by atoms with Crippen molar-refractivity contribution in [2.45, 2.75) is 20.8 Å². The molecule has 0 aliphatic carbocycles. The van der Waals surface area contributed by atoms with Gasteiger partial charge in [0.2, 0.25) is 0 Å². The smallest absolute Gasteiger partial charge is 0.0772 e. The predicted molar refractivity (Wildman–Crippen MR) is 81.0 cm³/mol. The van der Waals surface area contributed by atoms with E-state index in [2.05, 4.69) is 71.5 Å². The van der Waals surface area contributed by atoms with Crippen molar-refractivity contribution < 1.29 is 0 Å². The third-order valence-corrected chi connectivity index (χ3v) is 3.90. The van der Waals surface area contributed by atoms with Gasteiger partial charge in [-0.2, -0.15) is 0 Å². The molecule has 2 rings (SSSR count). The fraction of sp³-hybridized carbons (Fsp3) is 0.267. The minimum atomic E-state index is 0.960. The number of halogens is 1. The molecule has 3 heteroatoms. The summed E-state index contributed by atoms with van der Waals surface area (Å²) in [5.41, 5.74) is 5.84. The van der Waals surface area contributed by atoms with E-state index in [1.807, 2.05) is 12.3 Å². The van der Waals surface area contributed by atoms with E-state index < -0.39 is 0 Å².